The van der Waals surface area contributed by atoms with E-state index in [1.165, 1.54) is 154 Å². The standard InChI is InChI=1S/C48H92O6/c1-5-7-9-11-12-13-14-15-19-22-25-28-32-36-40-47(50)53-43-45(42-52-46(49)39-35-30-10-8-6-2)54-48(51)41-37-33-29-26-23-20-17-16-18-21-24-27-31-34-38-44(3)4/h44-45H,5-43H2,1-4H3/t45-/m0/s1. The minimum absolute atomic E-state index is 0.0642. The maximum atomic E-state index is 12.7. The van der Waals surface area contributed by atoms with Crippen LogP contribution in [0.5, 0.6) is 0 Å². The molecule has 0 aliphatic carbocycles. The number of hydrogen-bond acceptors (Lipinski definition) is 6. The Labute approximate surface area is 336 Å². The fourth-order valence-electron chi connectivity index (χ4n) is 7.16. The van der Waals surface area contributed by atoms with Gasteiger partial charge in [0.1, 0.15) is 13.2 Å². The van der Waals surface area contributed by atoms with E-state index in [0.29, 0.717) is 19.3 Å². The summed E-state index contributed by atoms with van der Waals surface area (Å²) in [6.45, 7) is 8.94. The lowest BCUT2D eigenvalue weighted by Gasteiger charge is -2.18. The maximum absolute atomic E-state index is 12.7. The van der Waals surface area contributed by atoms with Crippen molar-refractivity contribution in [1.82, 2.24) is 0 Å². The van der Waals surface area contributed by atoms with Crippen LogP contribution >= 0.6 is 0 Å². The number of ether oxygens (including phenoxy) is 3. The van der Waals surface area contributed by atoms with Crippen molar-refractivity contribution in [2.45, 2.75) is 271 Å². The number of unbranched alkanes of at least 4 members (excludes halogenated alkanes) is 30. The average Bonchev–Trinajstić information content (AvgIpc) is 3.15. The molecule has 0 aromatic carbocycles. The summed E-state index contributed by atoms with van der Waals surface area (Å²) in [4.78, 5) is 37.5. The van der Waals surface area contributed by atoms with E-state index < -0.39 is 6.10 Å². The molecule has 6 nitrogen and oxygen atoms in total. The zero-order valence-electron chi connectivity index (χ0n) is 36.7. The second-order valence-corrected chi connectivity index (χ2v) is 16.9. The summed E-state index contributed by atoms with van der Waals surface area (Å²) in [5, 5.41) is 0. The molecule has 54 heavy (non-hydrogen) atoms. The minimum atomic E-state index is -0.758. The van der Waals surface area contributed by atoms with Crippen molar-refractivity contribution in [3.63, 3.8) is 0 Å². The van der Waals surface area contributed by atoms with Crippen molar-refractivity contribution < 1.29 is 28.6 Å². The number of carbonyl (C=O) groups is 3. The number of carbonyl (C=O) groups excluding carboxylic acids is 3. The van der Waals surface area contributed by atoms with Gasteiger partial charge in [-0.25, -0.2) is 0 Å². The third kappa shape index (κ3) is 41.6. The van der Waals surface area contributed by atoms with Gasteiger partial charge in [0, 0.05) is 19.3 Å². The third-order valence-electron chi connectivity index (χ3n) is 10.8. The number of rotatable bonds is 43. The molecular formula is C48H92O6. The van der Waals surface area contributed by atoms with Crippen LogP contribution in [0.2, 0.25) is 0 Å². The fourth-order valence-corrected chi connectivity index (χ4v) is 7.16. The van der Waals surface area contributed by atoms with E-state index in [2.05, 4.69) is 27.7 Å². The van der Waals surface area contributed by atoms with Gasteiger partial charge < -0.3 is 14.2 Å². The number of hydrogen-bond donors (Lipinski definition) is 0. The Morgan fingerprint density at radius 1 is 0.352 bits per heavy atom. The molecule has 0 aliphatic rings. The molecule has 0 aromatic heterocycles. The van der Waals surface area contributed by atoms with E-state index in [9.17, 15) is 14.4 Å². The average molecular weight is 765 g/mol. The van der Waals surface area contributed by atoms with Gasteiger partial charge in [-0.3, -0.25) is 14.4 Å². The lowest BCUT2D eigenvalue weighted by Crippen LogP contribution is -2.30. The molecule has 0 fully saturated rings. The summed E-state index contributed by atoms with van der Waals surface area (Å²) in [6, 6.07) is 0. The van der Waals surface area contributed by atoms with E-state index in [1.807, 2.05) is 0 Å². The predicted molar refractivity (Wildman–Crippen MR) is 229 cm³/mol. The second kappa shape index (κ2) is 42.6. The molecule has 0 aromatic rings. The highest BCUT2D eigenvalue weighted by molar-refractivity contribution is 5.71. The summed E-state index contributed by atoms with van der Waals surface area (Å²) in [5.41, 5.74) is 0. The second-order valence-electron chi connectivity index (χ2n) is 16.9. The van der Waals surface area contributed by atoms with Crippen LogP contribution in [0.15, 0.2) is 0 Å². The Morgan fingerprint density at radius 3 is 0.907 bits per heavy atom. The molecule has 0 saturated heterocycles. The lowest BCUT2D eigenvalue weighted by atomic mass is 10.0. The molecule has 1 atom stereocenters. The van der Waals surface area contributed by atoms with E-state index in [0.717, 1.165) is 70.1 Å². The Kier molecular flexibility index (Phi) is 41.3. The molecule has 0 bridgehead atoms. The molecule has 0 N–H and O–H groups in total. The van der Waals surface area contributed by atoms with Crippen LogP contribution in [-0.4, -0.2) is 37.2 Å². The molecule has 320 valence electrons. The van der Waals surface area contributed by atoms with Crippen molar-refractivity contribution in [2.24, 2.45) is 5.92 Å². The van der Waals surface area contributed by atoms with E-state index in [4.69, 9.17) is 14.2 Å². The Morgan fingerprint density at radius 2 is 0.611 bits per heavy atom. The fraction of sp³-hybridized carbons (Fsp3) is 0.938. The Balaban J connectivity index is 4.15. The van der Waals surface area contributed by atoms with Crippen molar-refractivity contribution in [2.75, 3.05) is 13.2 Å². The van der Waals surface area contributed by atoms with Gasteiger partial charge in [-0.15, -0.1) is 0 Å². The van der Waals surface area contributed by atoms with Crippen molar-refractivity contribution >= 4 is 17.9 Å². The zero-order valence-corrected chi connectivity index (χ0v) is 36.7. The first-order chi connectivity index (χ1) is 26.4. The molecule has 0 saturated carbocycles. The highest BCUT2D eigenvalue weighted by Crippen LogP contribution is 2.17. The normalized spacial score (nSPS) is 11.9. The first-order valence-electron chi connectivity index (χ1n) is 23.9. The van der Waals surface area contributed by atoms with Crippen LogP contribution in [-0.2, 0) is 28.6 Å². The van der Waals surface area contributed by atoms with Gasteiger partial charge in [-0.1, -0.05) is 227 Å². The van der Waals surface area contributed by atoms with Crippen LogP contribution < -0.4 is 0 Å². The molecule has 0 amide bonds. The minimum Gasteiger partial charge on any atom is -0.462 e. The van der Waals surface area contributed by atoms with Crippen molar-refractivity contribution in [3.8, 4) is 0 Å². The third-order valence-corrected chi connectivity index (χ3v) is 10.8. The van der Waals surface area contributed by atoms with Gasteiger partial charge in [-0.05, 0) is 25.2 Å². The summed E-state index contributed by atoms with van der Waals surface area (Å²) in [6.07, 6.45) is 42.6. The van der Waals surface area contributed by atoms with E-state index in [-0.39, 0.29) is 31.1 Å². The molecule has 0 aliphatic heterocycles. The van der Waals surface area contributed by atoms with Gasteiger partial charge in [-0.2, -0.15) is 0 Å². The Bertz CT molecular complexity index is 811. The van der Waals surface area contributed by atoms with Gasteiger partial charge in [0.05, 0.1) is 0 Å². The quantitative estimate of drug-likeness (QED) is 0.0349. The maximum Gasteiger partial charge on any atom is 0.306 e. The monoisotopic (exact) mass is 765 g/mol. The summed E-state index contributed by atoms with van der Waals surface area (Å²) < 4.78 is 16.6. The first kappa shape index (κ1) is 52.4. The summed E-state index contributed by atoms with van der Waals surface area (Å²) >= 11 is 0. The summed E-state index contributed by atoms with van der Waals surface area (Å²) in [5.74, 6) is -0.0205. The first-order valence-corrected chi connectivity index (χ1v) is 23.9. The molecular weight excluding hydrogens is 673 g/mol. The smallest absolute Gasteiger partial charge is 0.306 e. The molecule has 0 heterocycles. The molecule has 0 unspecified atom stereocenters. The molecule has 0 spiro atoms. The number of esters is 3. The van der Waals surface area contributed by atoms with Gasteiger partial charge in [0.2, 0.25) is 0 Å². The highest BCUT2D eigenvalue weighted by atomic mass is 16.6. The lowest BCUT2D eigenvalue weighted by molar-refractivity contribution is -0.167. The largest absolute Gasteiger partial charge is 0.462 e. The van der Waals surface area contributed by atoms with E-state index in [1.54, 1.807) is 0 Å². The topological polar surface area (TPSA) is 78.9 Å². The van der Waals surface area contributed by atoms with Crippen LogP contribution in [0.25, 0.3) is 0 Å². The van der Waals surface area contributed by atoms with Crippen LogP contribution in [0, 0.1) is 5.92 Å². The van der Waals surface area contributed by atoms with Crippen LogP contribution in [0.1, 0.15) is 265 Å². The van der Waals surface area contributed by atoms with Crippen LogP contribution in [0.3, 0.4) is 0 Å². The van der Waals surface area contributed by atoms with E-state index >= 15 is 0 Å². The van der Waals surface area contributed by atoms with Crippen molar-refractivity contribution in [1.29, 1.82) is 0 Å². The van der Waals surface area contributed by atoms with Gasteiger partial charge >= 0.3 is 17.9 Å². The van der Waals surface area contributed by atoms with Crippen LogP contribution in [0.4, 0.5) is 0 Å². The van der Waals surface area contributed by atoms with Gasteiger partial charge in [0.15, 0.2) is 6.10 Å². The molecule has 0 radical (unpaired) electrons. The Hall–Kier alpha value is -1.59. The van der Waals surface area contributed by atoms with Gasteiger partial charge in [0.25, 0.3) is 0 Å². The highest BCUT2D eigenvalue weighted by Gasteiger charge is 2.19. The SMILES string of the molecule is CCCCCCCCCCCCCCCCC(=O)OC[C@H](COC(=O)CCCCCCC)OC(=O)CCCCCCCCCCCCCCCCC(C)C. The molecule has 0 rings (SSSR count). The molecule has 6 heteroatoms. The predicted octanol–water partition coefficient (Wildman–Crippen LogP) is 15.1. The van der Waals surface area contributed by atoms with Crippen molar-refractivity contribution in [3.05, 3.63) is 0 Å². The summed E-state index contributed by atoms with van der Waals surface area (Å²) in [7, 11) is 0. The zero-order chi connectivity index (χ0) is 39.6.